The highest BCUT2D eigenvalue weighted by Gasteiger charge is 2.30. The van der Waals surface area contributed by atoms with Crippen molar-refractivity contribution >= 4 is 33.8 Å². The van der Waals surface area contributed by atoms with E-state index in [1.165, 1.54) is 0 Å². The van der Waals surface area contributed by atoms with E-state index in [1.807, 2.05) is 26.0 Å². The maximum Gasteiger partial charge on any atom is 0.408 e. The second kappa shape index (κ2) is 9.02. The molecule has 0 aliphatic rings. The molecule has 3 rings (SSSR count). The number of hydrogen-bond donors (Lipinski definition) is 1. The first-order valence-electron chi connectivity index (χ1n) is 10.7. The van der Waals surface area contributed by atoms with Crippen molar-refractivity contribution in [2.45, 2.75) is 59.6 Å². The SMILES string of the molecule is CC[C@H](C)[C@@H](NC(=O)OC(C)(C)C)C(=O)Oc1ccc2c(oc(=O)c3ccccc32)c1C. The van der Waals surface area contributed by atoms with Crippen molar-refractivity contribution in [1.29, 1.82) is 0 Å². The molecule has 2 atom stereocenters. The second-order valence-electron chi connectivity index (χ2n) is 8.93. The molecule has 1 amide bonds. The molecule has 170 valence electrons. The Morgan fingerprint density at radius 1 is 1.06 bits per heavy atom. The summed E-state index contributed by atoms with van der Waals surface area (Å²) in [6, 6.07) is 9.73. The third-order valence-corrected chi connectivity index (χ3v) is 5.34. The lowest BCUT2D eigenvalue weighted by Gasteiger charge is -2.25. The molecule has 1 heterocycles. The maximum absolute atomic E-state index is 13.0. The Morgan fingerprint density at radius 2 is 1.72 bits per heavy atom. The van der Waals surface area contributed by atoms with Crippen LogP contribution in [0.4, 0.5) is 4.79 Å². The summed E-state index contributed by atoms with van der Waals surface area (Å²) in [5, 5.41) is 4.63. The molecule has 0 saturated carbocycles. The smallest absolute Gasteiger partial charge is 0.408 e. The van der Waals surface area contributed by atoms with E-state index in [-0.39, 0.29) is 11.7 Å². The molecule has 7 heteroatoms. The minimum Gasteiger partial charge on any atom is -0.444 e. The molecule has 1 aromatic heterocycles. The molecule has 2 aromatic carbocycles. The zero-order valence-corrected chi connectivity index (χ0v) is 19.3. The van der Waals surface area contributed by atoms with Gasteiger partial charge in [-0.3, -0.25) is 0 Å². The fourth-order valence-electron chi connectivity index (χ4n) is 3.45. The van der Waals surface area contributed by atoms with E-state index in [4.69, 9.17) is 13.9 Å². The molecule has 0 aliphatic carbocycles. The molecule has 0 aliphatic heterocycles. The average Bonchev–Trinajstić information content (AvgIpc) is 2.73. The van der Waals surface area contributed by atoms with Gasteiger partial charge in [0.25, 0.3) is 0 Å². The number of ether oxygens (including phenoxy) is 2. The minimum absolute atomic E-state index is 0.183. The predicted molar refractivity (Wildman–Crippen MR) is 123 cm³/mol. The van der Waals surface area contributed by atoms with Gasteiger partial charge in [-0.25, -0.2) is 14.4 Å². The Morgan fingerprint density at radius 3 is 2.34 bits per heavy atom. The second-order valence-corrected chi connectivity index (χ2v) is 8.93. The van der Waals surface area contributed by atoms with Gasteiger partial charge in [0.2, 0.25) is 0 Å². The van der Waals surface area contributed by atoms with Crippen molar-refractivity contribution in [3.8, 4) is 5.75 Å². The maximum atomic E-state index is 13.0. The number of aryl methyl sites for hydroxylation is 1. The summed E-state index contributed by atoms with van der Waals surface area (Å²) in [5.41, 5.74) is -0.259. The highest BCUT2D eigenvalue weighted by atomic mass is 16.6. The first-order chi connectivity index (χ1) is 15.0. The summed E-state index contributed by atoms with van der Waals surface area (Å²) < 4.78 is 16.5. The molecule has 0 spiro atoms. The third-order valence-electron chi connectivity index (χ3n) is 5.34. The van der Waals surface area contributed by atoms with Crippen LogP contribution in [0, 0.1) is 12.8 Å². The Kier molecular flexibility index (Phi) is 6.57. The molecular weight excluding hydrogens is 410 g/mol. The van der Waals surface area contributed by atoms with Crippen molar-refractivity contribution in [3.63, 3.8) is 0 Å². The minimum atomic E-state index is -0.895. The molecule has 0 radical (unpaired) electrons. The van der Waals surface area contributed by atoms with E-state index < -0.39 is 29.3 Å². The van der Waals surface area contributed by atoms with Crippen LogP contribution in [-0.2, 0) is 9.53 Å². The first kappa shape index (κ1) is 23.3. The fourth-order valence-corrected chi connectivity index (χ4v) is 3.45. The van der Waals surface area contributed by atoms with Crippen LogP contribution < -0.4 is 15.7 Å². The first-order valence-corrected chi connectivity index (χ1v) is 10.7. The normalized spacial score (nSPS) is 13.6. The number of nitrogens with one attached hydrogen (secondary N) is 1. The van der Waals surface area contributed by atoms with Crippen LogP contribution in [0.3, 0.4) is 0 Å². The summed E-state index contributed by atoms with van der Waals surface area (Å²) in [5.74, 6) is -0.534. The van der Waals surface area contributed by atoms with E-state index in [9.17, 15) is 14.4 Å². The van der Waals surface area contributed by atoms with Gasteiger partial charge < -0.3 is 19.2 Å². The number of esters is 1. The Hall–Kier alpha value is -3.35. The zero-order valence-electron chi connectivity index (χ0n) is 19.3. The number of benzene rings is 2. The van der Waals surface area contributed by atoms with E-state index in [2.05, 4.69) is 5.32 Å². The van der Waals surface area contributed by atoms with Crippen LogP contribution in [0.5, 0.6) is 5.75 Å². The van der Waals surface area contributed by atoms with Gasteiger partial charge in [-0.15, -0.1) is 0 Å². The van der Waals surface area contributed by atoms with Crippen LogP contribution in [0.25, 0.3) is 21.7 Å². The van der Waals surface area contributed by atoms with Crippen LogP contribution in [-0.4, -0.2) is 23.7 Å². The summed E-state index contributed by atoms with van der Waals surface area (Å²) in [6.45, 7) is 10.7. The number of amides is 1. The lowest BCUT2D eigenvalue weighted by molar-refractivity contribution is -0.138. The van der Waals surface area contributed by atoms with Crippen molar-refractivity contribution < 1.29 is 23.5 Å². The van der Waals surface area contributed by atoms with Crippen molar-refractivity contribution in [2.75, 3.05) is 0 Å². The van der Waals surface area contributed by atoms with Crippen LogP contribution in [0.2, 0.25) is 0 Å². The van der Waals surface area contributed by atoms with Crippen LogP contribution in [0.1, 0.15) is 46.6 Å². The molecule has 7 nitrogen and oxygen atoms in total. The van der Waals surface area contributed by atoms with Crippen LogP contribution >= 0.6 is 0 Å². The molecule has 32 heavy (non-hydrogen) atoms. The molecule has 0 unspecified atom stereocenters. The Labute approximate surface area is 186 Å². The van der Waals surface area contributed by atoms with Crippen molar-refractivity contribution in [3.05, 3.63) is 52.4 Å². The van der Waals surface area contributed by atoms with Gasteiger partial charge >= 0.3 is 17.7 Å². The van der Waals surface area contributed by atoms with Gasteiger partial charge in [0.15, 0.2) is 0 Å². The number of carbonyl (C=O) groups is 2. The van der Waals surface area contributed by atoms with Crippen molar-refractivity contribution in [1.82, 2.24) is 5.32 Å². The van der Waals surface area contributed by atoms with Gasteiger partial charge in [-0.05, 0) is 57.2 Å². The number of carbonyl (C=O) groups excluding carboxylic acids is 2. The average molecular weight is 440 g/mol. The third kappa shape index (κ3) is 4.93. The summed E-state index contributed by atoms with van der Waals surface area (Å²) in [6.07, 6.45) is -0.0416. The number of alkyl carbamates (subject to hydrolysis) is 1. The van der Waals surface area contributed by atoms with E-state index in [0.717, 1.165) is 10.8 Å². The van der Waals surface area contributed by atoms with Gasteiger partial charge in [-0.2, -0.15) is 0 Å². The standard InChI is InChI=1S/C25H29NO6/c1-7-14(2)20(26-24(29)32-25(4,5)6)23(28)30-19-13-12-17-16-10-8-9-11-18(16)22(27)31-21(17)15(19)3/h8-14,20H,7H2,1-6H3,(H,26,29)/t14-,20+/m0/s1. The fraction of sp³-hybridized carbons (Fsp3) is 0.400. The van der Waals surface area contributed by atoms with E-state index in [0.29, 0.717) is 23.0 Å². The number of rotatable bonds is 5. The molecule has 0 saturated heterocycles. The van der Waals surface area contributed by atoms with Gasteiger partial charge in [0.05, 0.1) is 5.39 Å². The molecule has 0 fully saturated rings. The van der Waals surface area contributed by atoms with Gasteiger partial charge in [0.1, 0.15) is 23.0 Å². The topological polar surface area (TPSA) is 94.8 Å². The molecule has 0 bridgehead atoms. The lowest BCUT2D eigenvalue weighted by atomic mass is 9.99. The zero-order chi connectivity index (χ0) is 23.6. The Balaban J connectivity index is 1.93. The summed E-state index contributed by atoms with van der Waals surface area (Å²) in [7, 11) is 0. The highest BCUT2D eigenvalue weighted by Crippen LogP contribution is 2.31. The highest BCUT2D eigenvalue weighted by molar-refractivity contribution is 6.05. The molecular formula is C25H29NO6. The van der Waals surface area contributed by atoms with Gasteiger partial charge in [-0.1, -0.05) is 38.5 Å². The predicted octanol–water partition coefficient (Wildman–Crippen LogP) is 5.10. The van der Waals surface area contributed by atoms with Crippen molar-refractivity contribution in [2.24, 2.45) is 5.92 Å². The van der Waals surface area contributed by atoms with E-state index in [1.54, 1.807) is 52.0 Å². The summed E-state index contributed by atoms with van der Waals surface area (Å²) in [4.78, 5) is 37.7. The van der Waals surface area contributed by atoms with E-state index >= 15 is 0 Å². The monoisotopic (exact) mass is 439 g/mol. The van der Waals surface area contributed by atoms with Crippen LogP contribution in [0.15, 0.2) is 45.6 Å². The number of hydrogen-bond acceptors (Lipinski definition) is 6. The summed E-state index contributed by atoms with van der Waals surface area (Å²) >= 11 is 0. The quantitative estimate of drug-likeness (QED) is 0.257. The Bertz CT molecular complexity index is 1220. The lowest BCUT2D eigenvalue weighted by Crippen LogP contribution is -2.48. The molecule has 3 aromatic rings. The molecule has 1 N–H and O–H groups in total. The largest absolute Gasteiger partial charge is 0.444 e. The number of fused-ring (bicyclic) bond motifs is 3. The van der Waals surface area contributed by atoms with Gasteiger partial charge in [0, 0.05) is 10.9 Å².